The molecule has 1 aromatic heterocycles. The minimum Gasteiger partial charge on any atom is -0.493 e. The zero-order chi connectivity index (χ0) is 13.8. The van der Waals surface area contributed by atoms with Crippen LogP contribution in [0.25, 0.3) is 11.0 Å². The van der Waals surface area contributed by atoms with Crippen LogP contribution in [-0.2, 0) is 0 Å². The van der Waals surface area contributed by atoms with Crippen molar-refractivity contribution in [2.45, 2.75) is 19.4 Å². The van der Waals surface area contributed by atoms with Crippen LogP contribution < -0.4 is 10.1 Å². The zero-order valence-electron chi connectivity index (χ0n) is 11.0. The number of fused-ring (bicyclic) bond motifs is 1. The average molecular weight is 263 g/mol. The second kappa shape index (κ2) is 5.75. The van der Waals surface area contributed by atoms with E-state index in [4.69, 9.17) is 14.3 Å². The number of ether oxygens (including phenoxy) is 1. The van der Waals surface area contributed by atoms with Gasteiger partial charge in [0.15, 0.2) is 17.1 Å². The molecule has 2 rings (SSSR count). The molecule has 19 heavy (non-hydrogen) atoms. The lowest BCUT2D eigenvalue weighted by Crippen LogP contribution is -2.26. The maximum atomic E-state index is 11.9. The summed E-state index contributed by atoms with van der Waals surface area (Å²) in [7, 11) is 1.56. The lowest BCUT2D eigenvalue weighted by molar-refractivity contribution is 0.0920. The molecule has 0 fully saturated rings. The van der Waals surface area contributed by atoms with Crippen molar-refractivity contribution >= 4 is 16.9 Å². The molecule has 0 bridgehead atoms. The Morgan fingerprint density at radius 3 is 3.00 bits per heavy atom. The zero-order valence-corrected chi connectivity index (χ0v) is 11.0. The summed E-state index contributed by atoms with van der Waals surface area (Å²) in [6.45, 7) is 2.09. The quantitative estimate of drug-likeness (QED) is 0.864. The van der Waals surface area contributed by atoms with E-state index in [0.717, 1.165) is 5.39 Å². The molecule has 1 amide bonds. The molecule has 2 N–H and O–H groups in total. The number of methoxy groups -OCH3 is 1. The third-order valence-corrected chi connectivity index (χ3v) is 2.80. The SMILES string of the molecule is COc1cccc2cc(C(=O)NCCC(C)O)oc12. The van der Waals surface area contributed by atoms with Crippen LogP contribution in [-0.4, -0.2) is 30.8 Å². The standard InChI is InChI=1S/C14H17NO4/c1-9(16)6-7-15-14(17)12-8-10-4-3-5-11(18-2)13(10)19-12/h3-5,8-9,16H,6-7H2,1-2H3,(H,15,17). The van der Waals surface area contributed by atoms with Crippen LogP contribution in [0.1, 0.15) is 23.9 Å². The Balaban J connectivity index is 2.14. The summed E-state index contributed by atoms with van der Waals surface area (Å²) in [6.07, 6.45) is 0.0750. The molecule has 0 aliphatic carbocycles. The number of hydrogen-bond acceptors (Lipinski definition) is 4. The fourth-order valence-corrected chi connectivity index (χ4v) is 1.79. The minimum absolute atomic E-state index is 0.241. The van der Waals surface area contributed by atoms with Gasteiger partial charge in [-0.05, 0) is 25.5 Å². The first-order chi connectivity index (χ1) is 9.11. The number of rotatable bonds is 5. The summed E-state index contributed by atoms with van der Waals surface area (Å²) in [5.41, 5.74) is 0.561. The number of amides is 1. The normalized spacial score (nSPS) is 12.4. The molecule has 0 saturated carbocycles. The van der Waals surface area contributed by atoms with Crippen LogP contribution in [0.15, 0.2) is 28.7 Å². The van der Waals surface area contributed by atoms with Gasteiger partial charge in [0.2, 0.25) is 0 Å². The van der Waals surface area contributed by atoms with E-state index in [1.165, 1.54) is 0 Å². The summed E-state index contributed by atoms with van der Waals surface area (Å²) < 4.78 is 10.7. The van der Waals surface area contributed by atoms with Crippen molar-refractivity contribution in [1.29, 1.82) is 0 Å². The summed E-state index contributed by atoms with van der Waals surface area (Å²) >= 11 is 0. The highest BCUT2D eigenvalue weighted by molar-refractivity contribution is 5.97. The van der Waals surface area contributed by atoms with Crippen molar-refractivity contribution in [3.63, 3.8) is 0 Å². The van der Waals surface area contributed by atoms with Crippen LogP contribution in [0.2, 0.25) is 0 Å². The van der Waals surface area contributed by atoms with Crippen molar-refractivity contribution in [2.75, 3.05) is 13.7 Å². The van der Waals surface area contributed by atoms with Gasteiger partial charge in [-0.25, -0.2) is 0 Å². The smallest absolute Gasteiger partial charge is 0.287 e. The fraction of sp³-hybridized carbons (Fsp3) is 0.357. The number of carbonyl (C=O) groups is 1. The monoisotopic (exact) mass is 263 g/mol. The summed E-state index contributed by atoms with van der Waals surface area (Å²) in [5.74, 6) is 0.546. The summed E-state index contributed by atoms with van der Waals surface area (Å²) in [5, 5.41) is 12.6. The average Bonchev–Trinajstić information content (AvgIpc) is 2.81. The van der Waals surface area contributed by atoms with E-state index < -0.39 is 6.10 Å². The molecule has 2 aromatic rings. The molecule has 1 atom stereocenters. The maximum absolute atomic E-state index is 11.9. The summed E-state index contributed by atoms with van der Waals surface area (Å²) in [4.78, 5) is 11.9. The number of aliphatic hydroxyl groups is 1. The number of para-hydroxylation sites is 1. The first-order valence-corrected chi connectivity index (χ1v) is 6.14. The van der Waals surface area contributed by atoms with E-state index in [1.54, 1.807) is 26.2 Å². The molecular formula is C14H17NO4. The number of carbonyl (C=O) groups excluding carboxylic acids is 1. The van der Waals surface area contributed by atoms with Crippen molar-refractivity contribution in [3.05, 3.63) is 30.0 Å². The second-order valence-corrected chi connectivity index (χ2v) is 4.38. The molecule has 1 unspecified atom stereocenters. The minimum atomic E-state index is -0.434. The van der Waals surface area contributed by atoms with Crippen molar-refractivity contribution < 1.29 is 19.1 Å². The number of nitrogens with one attached hydrogen (secondary N) is 1. The fourth-order valence-electron chi connectivity index (χ4n) is 1.79. The van der Waals surface area contributed by atoms with Crippen molar-refractivity contribution in [3.8, 4) is 5.75 Å². The predicted octanol–water partition coefficient (Wildman–Crippen LogP) is 1.94. The number of furan rings is 1. The molecule has 0 spiro atoms. The van der Waals surface area contributed by atoms with Crippen LogP contribution in [0.5, 0.6) is 5.75 Å². The molecule has 0 aliphatic rings. The Kier molecular flexibility index (Phi) is 4.06. The molecule has 5 heteroatoms. The lowest BCUT2D eigenvalue weighted by Gasteiger charge is -2.04. The van der Waals surface area contributed by atoms with Gasteiger partial charge in [-0.3, -0.25) is 4.79 Å². The van der Waals surface area contributed by atoms with Crippen LogP contribution in [0.4, 0.5) is 0 Å². The highest BCUT2D eigenvalue weighted by Crippen LogP contribution is 2.28. The van der Waals surface area contributed by atoms with E-state index >= 15 is 0 Å². The first kappa shape index (κ1) is 13.4. The molecule has 1 aromatic carbocycles. The van der Waals surface area contributed by atoms with E-state index in [-0.39, 0.29) is 11.7 Å². The van der Waals surface area contributed by atoms with E-state index in [0.29, 0.717) is 24.3 Å². The van der Waals surface area contributed by atoms with Gasteiger partial charge in [0.05, 0.1) is 13.2 Å². The Bertz CT molecular complexity index is 574. The predicted molar refractivity (Wildman–Crippen MR) is 71.4 cm³/mol. The largest absolute Gasteiger partial charge is 0.493 e. The van der Waals surface area contributed by atoms with Gasteiger partial charge < -0.3 is 19.6 Å². The van der Waals surface area contributed by atoms with Gasteiger partial charge in [0.1, 0.15) is 0 Å². The molecule has 1 heterocycles. The Morgan fingerprint density at radius 2 is 2.32 bits per heavy atom. The Morgan fingerprint density at radius 1 is 1.53 bits per heavy atom. The van der Waals surface area contributed by atoms with E-state index in [2.05, 4.69) is 5.32 Å². The first-order valence-electron chi connectivity index (χ1n) is 6.14. The highest BCUT2D eigenvalue weighted by atomic mass is 16.5. The molecule has 5 nitrogen and oxygen atoms in total. The van der Waals surface area contributed by atoms with Gasteiger partial charge >= 0.3 is 0 Å². The van der Waals surface area contributed by atoms with Crippen LogP contribution >= 0.6 is 0 Å². The van der Waals surface area contributed by atoms with Crippen molar-refractivity contribution in [1.82, 2.24) is 5.32 Å². The third kappa shape index (κ3) is 3.06. The van der Waals surface area contributed by atoms with Gasteiger partial charge in [-0.2, -0.15) is 0 Å². The molecule has 0 radical (unpaired) electrons. The topological polar surface area (TPSA) is 71.7 Å². The molecule has 102 valence electrons. The van der Waals surface area contributed by atoms with E-state index in [9.17, 15) is 4.79 Å². The highest BCUT2D eigenvalue weighted by Gasteiger charge is 2.14. The maximum Gasteiger partial charge on any atom is 0.287 e. The van der Waals surface area contributed by atoms with Crippen molar-refractivity contribution in [2.24, 2.45) is 0 Å². The second-order valence-electron chi connectivity index (χ2n) is 4.38. The number of benzene rings is 1. The number of aliphatic hydroxyl groups excluding tert-OH is 1. The van der Waals surface area contributed by atoms with Gasteiger partial charge in [0.25, 0.3) is 5.91 Å². The molecule has 0 aliphatic heterocycles. The van der Waals surface area contributed by atoms with Crippen LogP contribution in [0.3, 0.4) is 0 Å². The van der Waals surface area contributed by atoms with Crippen LogP contribution in [0, 0.1) is 0 Å². The molecule has 0 saturated heterocycles. The lowest BCUT2D eigenvalue weighted by atomic mass is 10.2. The van der Waals surface area contributed by atoms with Gasteiger partial charge in [-0.15, -0.1) is 0 Å². The Labute approximate surface area is 111 Å². The van der Waals surface area contributed by atoms with E-state index in [1.807, 2.05) is 12.1 Å². The Hall–Kier alpha value is -2.01. The molecular weight excluding hydrogens is 246 g/mol. The van der Waals surface area contributed by atoms with Gasteiger partial charge in [0, 0.05) is 11.9 Å². The van der Waals surface area contributed by atoms with Gasteiger partial charge in [-0.1, -0.05) is 12.1 Å². The third-order valence-electron chi connectivity index (χ3n) is 2.80. The summed E-state index contributed by atoms with van der Waals surface area (Å²) in [6, 6.07) is 7.15. The number of hydrogen-bond donors (Lipinski definition) is 2.